The second kappa shape index (κ2) is 8.26. The van der Waals surface area contributed by atoms with E-state index < -0.39 is 40.2 Å². The summed E-state index contributed by atoms with van der Waals surface area (Å²) in [6.07, 6.45) is 2.42. The Morgan fingerprint density at radius 2 is 2.00 bits per heavy atom. The van der Waals surface area contributed by atoms with Crippen molar-refractivity contribution >= 4 is 11.8 Å². The van der Waals surface area contributed by atoms with Gasteiger partial charge in [-0.3, -0.25) is 14.4 Å². The highest BCUT2D eigenvalue weighted by Crippen LogP contribution is 2.45. The summed E-state index contributed by atoms with van der Waals surface area (Å²) in [7, 11) is 1.60. The highest BCUT2D eigenvalue weighted by atomic mass is 19.1. The Hall–Kier alpha value is -3.27. The molecule has 0 radical (unpaired) electrons. The van der Waals surface area contributed by atoms with E-state index in [0.717, 1.165) is 6.07 Å². The van der Waals surface area contributed by atoms with Crippen molar-refractivity contribution in [1.29, 1.82) is 0 Å². The smallest absolute Gasteiger partial charge is 0.275 e. The predicted octanol–water partition coefficient (Wildman–Crippen LogP) is 2.17. The molecule has 2 heterocycles. The number of methoxy groups -OCH3 is 1. The number of pyridine rings is 1. The number of rotatable bonds is 5. The molecule has 2 amide bonds. The number of hydrogen-bond donors (Lipinski definition) is 2. The summed E-state index contributed by atoms with van der Waals surface area (Å²) in [4.78, 5) is 40.4. The average molecular weight is 461 g/mol. The first-order valence-corrected chi connectivity index (χ1v) is 10.6. The molecule has 0 atom stereocenters. The lowest BCUT2D eigenvalue weighted by molar-refractivity contribution is -0.101. The monoisotopic (exact) mass is 461 g/mol. The van der Waals surface area contributed by atoms with Gasteiger partial charge in [0.15, 0.2) is 11.4 Å². The van der Waals surface area contributed by atoms with Gasteiger partial charge in [0.05, 0.1) is 11.6 Å². The molecule has 0 unspecified atom stereocenters. The third-order valence-corrected chi connectivity index (χ3v) is 6.42. The van der Waals surface area contributed by atoms with Crippen molar-refractivity contribution in [3.8, 4) is 5.75 Å². The summed E-state index contributed by atoms with van der Waals surface area (Å²) in [5.41, 5.74) is -2.04. The normalized spacial score (nSPS) is 21.8. The summed E-state index contributed by atoms with van der Waals surface area (Å²) in [6.45, 7) is 3.72. The number of aromatic nitrogens is 1. The van der Waals surface area contributed by atoms with Crippen molar-refractivity contribution in [1.82, 2.24) is 14.8 Å². The van der Waals surface area contributed by atoms with Gasteiger partial charge in [-0.15, -0.1) is 0 Å². The van der Waals surface area contributed by atoms with Gasteiger partial charge in [-0.05, 0) is 32.8 Å². The maximum atomic E-state index is 13.9. The molecule has 2 aliphatic rings. The molecule has 2 N–H and O–H groups in total. The summed E-state index contributed by atoms with van der Waals surface area (Å²) in [5.74, 6) is -3.71. The van der Waals surface area contributed by atoms with Crippen molar-refractivity contribution < 1.29 is 28.2 Å². The second-order valence-corrected chi connectivity index (χ2v) is 8.87. The highest BCUT2D eigenvalue weighted by molar-refractivity contribution is 5.99. The summed E-state index contributed by atoms with van der Waals surface area (Å²) >= 11 is 0. The lowest BCUT2D eigenvalue weighted by atomic mass is 9.70. The van der Waals surface area contributed by atoms with Crippen LogP contribution < -0.4 is 10.7 Å². The van der Waals surface area contributed by atoms with Gasteiger partial charge in [-0.25, -0.2) is 8.78 Å². The number of hydrogen-bond acceptors (Lipinski definition) is 5. The quantitative estimate of drug-likeness (QED) is 0.711. The molecule has 1 aliphatic carbocycles. The first-order valence-electron chi connectivity index (χ1n) is 10.6. The number of nitrogens with one attached hydrogen (secondary N) is 1. The number of amides is 2. The van der Waals surface area contributed by atoms with E-state index in [1.165, 1.54) is 16.8 Å². The van der Waals surface area contributed by atoms with Gasteiger partial charge < -0.3 is 24.6 Å². The van der Waals surface area contributed by atoms with Crippen molar-refractivity contribution in [2.75, 3.05) is 7.11 Å². The maximum absolute atomic E-state index is 13.9. The molecule has 1 aromatic heterocycles. The van der Waals surface area contributed by atoms with Crippen LogP contribution in [0, 0.1) is 11.6 Å². The minimum atomic E-state index is -0.991. The Labute approximate surface area is 188 Å². The van der Waals surface area contributed by atoms with E-state index in [1.807, 2.05) is 13.8 Å². The van der Waals surface area contributed by atoms with Crippen LogP contribution in [0.4, 0.5) is 8.78 Å². The Morgan fingerprint density at radius 3 is 2.61 bits per heavy atom. The van der Waals surface area contributed by atoms with Crippen LogP contribution in [-0.4, -0.2) is 51.2 Å². The van der Waals surface area contributed by atoms with E-state index in [-0.39, 0.29) is 42.1 Å². The Balaban J connectivity index is 1.66. The molecule has 0 bridgehead atoms. The predicted molar refractivity (Wildman–Crippen MR) is 114 cm³/mol. The van der Waals surface area contributed by atoms with Gasteiger partial charge >= 0.3 is 0 Å². The average Bonchev–Trinajstić information content (AvgIpc) is 2.72. The van der Waals surface area contributed by atoms with Crippen molar-refractivity contribution in [2.24, 2.45) is 0 Å². The van der Waals surface area contributed by atoms with Crippen LogP contribution in [0.25, 0.3) is 0 Å². The van der Waals surface area contributed by atoms with Gasteiger partial charge in [-0.2, -0.15) is 0 Å². The summed E-state index contributed by atoms with van der Waals surface area (Å²) in [6, 6.07) is 2.76. The van der Waals surface area contributed by atoms with Crippen molar-refractivity contribution in [3.63, 3.8) is 0 Å². The molecule has 1 spiro atoms. The Morgan fingerprint density at radius 1 is 1.30 bits per heavy atom. The third-order valence-electron chi connectivity index (χ3n) is 6.42. The van der Waals surface area contributed by atoms with Crippen molar-refractivity contribution in [2.45, 2.75) is 57.5 Å². The van der Waals surface area contributed by atoms with E-state index in [0.29, 0.717) is 18.9 Å². The van der Waals surface area contributed by atoms with Gasteiger partial charge in [0.1, 0.15) is 17.2 Å². The molecular weight excluding hydrogens is 436 g/mol. The van der Waals surface area contributed by atoms with Crippen LogP contribution in [0.5, 0.6) is 5.75 Å². The van der Waals surface area contributed by atoms with Gasteiger partial charge in [0.2, 0.25) is 5.43 Å². The topological polar surface area (TPSA) is 101 Å². The van der Waals surface area contributed by atoms with Crippen LogP contribution >= 0.6 is 0 Å². The Bertz CT molecular complexity index is 1190. The largest absolute Gasteiger partial charge is 0.503 e. The highest BCUT2D eigenvalue weighted by Gasteiger charge is 2.55. The van der Waals surface area contributed by atoms with E-state index in [2.05, 4.69) is 5.32 Å². The van der Waals surface area contributed by atoms with Crippen LogP contribution in [0.1, 0.15) is 53.1 Å². The number of fused-ring (bicyclic) bond motifs is 1. The number of carbonyl (C=O) groups is 2. The zero-order valence-corrected chi connectivity index (χ0v) is 18.5. The van der Waals surface area contributed by atoms with Crippen LogP contribution in [0.3, 0.4) is 0 Å². The number of halogens is 2. The third kappa shape index (κ3) is 3.78. The number of ether oxygens (including phenoxy) is 1. The molecule has 1 saturated carbocycles. The molecule has 2 aromatic rings. The first kappa shape index (κ1) is 22.9. The van der Waals surface area contributed by atoms with Gasteiger partial charge in [-0.1, -0.05) is 6.07 Å². The second-order valence-electron chi connectivity index (χ2n) is 8.87. The standard InChI is InChI=1S/C23H25F2N3O5/c1-12(2)28-22(32)18-20(30)19(29)16(10-27(18)11-23(28)7-15(8-23)33-3)21(31)26-9-13-4-5-14(24)6-17(13)25/h4-6,10,12,15,30H,7-9,11H2,1-3H3,(H,26,31)/t15-,23-. The van der Waals surface area contributed by atoms with Crippen LogP contribution in [-0.2, 0) is 17.8 Å². The molecule has 1 aliphatic heterocycles. The molecule has 0 saturated heterocycles. The van der Waals surface area contributed by atoms with Gasteiger partial charge in [0, 0.05) is 44.1 Å². The molecule has 4 rings (SSSR count). The number of benzene rings is 1. The van der Waals surface area contributed by atoms with Gasteiger partial charge in [0.25, 0.3) is 11.8 Å². The zero-order chi connectivity index (χ0) is 24.1. The van der Waals surface area contributed by atoms with E-state index in [4.69, 9.17) is 4.74 Å². The Kier molecular flexibility index (Phi) is 5.73. The summed E-state index contributed by atoms with van der Waals surface area (Å²) < 4.78 is 33.8. The molecule has 10 heteroatoms. The number of aromatic hydroxyl groups is 1. The van der Waals surface area contributed by atoms with Crippen molar-refractivity contribution in [3.05, 3.63) is 63.1 Å². The number of nitrogens with zero attached hydrogens (tertiary/aromatic N) is 2. The zero-order valence-electron chi connectivity index (χ0n) is 18.5. The number of carbonyl (C=O) groups excluding carboxylic acids is 2. The van der Waals surface area contributed by atoms with E-state index >= 15 is 0 Å². The molecule has 33 heavy (non-hydrogen) atoms. The first-order chi connectivity index (χ1) is 15.6. The fourth-order valence-electron chi connectivity index (χ4n) is 4.88. The minimum absolute atomic E-state index is 0.0121. The molecule has 1 aromatic carbocycles. The van der Waals surface area contributed by atoms with E-state index in [9.17, 15) is 28.3 Å². The molecule has 8 nitrogen and oxygen atoms in total. The molecule has 1 fully saturated rings. The SMILES string of the molecule is CO[C@H]1C[C@@]2(Cn3cc(C(=O)NCc4ccc(F)cc4F)c(=O)c(O)c3C(=O)N2C(C)C)C1. The fourth-order valence-corrected chi connectivity index (χ4v) is 4.88. The lowest BCUT2D eigenvalue weighted by Crippen LogP contribution is -2.68. The maximum Gasteiger partial charge on any atom is 0.275 e. The van der Waals surface area contributed by atoms with Crippen LogP contribution in [0.2, 0.25) is 0 Å². The molecular formula is C23H25F2N3O5. The van der Waals surface area contributed by atoms with E-state index in [1.54, 1.807) is 12.0 Å². The van der Waals surface area contributed by atoms with Crippen LogP contribution in [0.15, 0.2) is 29.2 Å². The molecule has 176 valence electrons. The fraction of sp³-hybridized carbons (Fsp3) is 0.435. The minimum Gasteiger partial charge on any atom is -0.503 e. The summed E-state index contributed by atoms with van der Waals surface area (Å²) in [5, 5.41) is 13.0. The lowest BCUT2D eigenvalue weighted by Gasteiger charge is -2.57.